The van der Waals surface area contributed by atoms with Gasteiger partial charge in [-0.2, -0.15) is 5.10 Å². The number of carbonyl (C=O) groups excluding carboxylic acids is 1. The van der Waals surface area contributed by atoms with Crippen LogP contribution in [0, 0.1) is 11.8 Å². The Bertz CT molecular complexity index is 1010. The van der Waals surface area contributed by atoms with Crippen LogP contribution >= 0.6 is 11.6 Å². The summed E-state index contributed by atoms with van der Waals surface area (Å²) in [5.74, 6) is -1.28. The van der Waals surface area contributed by atoms with Crippen LogP contribution in [0.4, 0.5) is 0 Å². The molecule has 0 spiro atoms. The molecule has 28 heavy (non-hydrogen) atoms. The molecule has 1 aliphatic rings. The van der Waals surface area contributed by atoms with Crippen molar-refractivity contribution in [2.45, 2.75) is 6.92 Å². The zero-order chi connectivity index (χ0) is 19.8. The van der Waals surface area contributed by atoms with Crippen LogP contribution in [-0.2, 0) is 4.79 Å². The highest BCUT2D eigenvalue weighted by Gasteiger charge is 2.38. The standard InChI is InChI=1S/C20H18ClN3O4/c1-12-10-23(11-15(12)20(26)27)19(25)16-9-17(18-3-2-8-28-18)24(22-16)14-6-4-13(21)5-7-14/h2-9,12,15H,10-11H2,1H3,(H,26,27)/t12-,15-/m1/s1. The van der Waals surface area contributed by atoms with E-state index in [1.807, 2.05) is 6.92 Å². The SMILES string of the molecule is C[C@@H]1CN(C(=O)c2cc(-c3ccco3)n(-c3ccc(Cl)cc3)n2)C[C@H]1C(=O)O. The van der Waals surface area contributed by atoms with E-state index in [1.54, 1.807) is 58.3 Å². The number of nitrogens with zero attached hydrogens (tertiary/aromatic N) is 3. The van der Waals surface area contributed by atoms with Crippen LogP contribution in [-0.4, -0.2) is 44.8 Å². The van der Waals surface area contributed by atoms with Crippen LogP contribution in [0.15, 0.2) is 53.1 Å². The summed E-state index contributed by atoms with van der Waals surface area (Å²) < 4.78 is 7.12. The molecule has 1 fully saturated rings. The van der Waals surface area contributed by atoms with Gasteiger partial charge in [0.05, 0.1) is 17.9 Å². The lowest BCUT2D eigenvalue weighted by Gasteiger charge is -2.13. The van der Waals surface area contributed by atoms with Gasteiger partial charge in [-0.3, -0.25) is 9.59 Å². The minimum Gasteiger partial charge on any atom is -0.481 e. The molecule has 0 unspecified atom stereocenters. The molecule has 7 nitrogen and oxygen atoms in total. The molecule has 2 aromatic heterocycles. The number of furan rings is 1. The van der Waals surface area contributed by atoms with Gasteiger partial charge in [-0.1, -0.05) is 18.5 Å². The molecule has 2 atom stereocenters. The van der Waals surface area contributed by atoms with Crippen molar-refractivity contribution in [1.29, 1.82) is 0 Å². The molecule has 0 radical (unpaired) electrons. The van der Waals surface area contributed by atoms with E-state index in [9.17, 15) is 14.7 Å². The molecule has 3 aromatic rings. The summed E-state index contributed by atoms with van der Waals surface area (Å²) in [7, 11) is 0. The monoisotopic (exact) mass is 399 g/mol. The van der Waals surface area contributed by atoms with E-state index in [4.69, 9.17) is 16.0 Å². The molecule has 0 bridgehead atoms. The fourth-order valence-electron chi connectivity index (χ4n) is 3.48. The Kier molecular flexibility index (Phi) is 4.68. The van der Waals surface area contributed by atoms with Crippen molar-refractivity contribution in [2.24, 2.45) is 11.8 Å². The molecular weight excluding hydrogens is 382 g/mol. The van der Waals surface area contributed by atoms with Gasteiger partial charge in [0.15, 0.2) is 11.5 Å². The molecular formula is C20H18ClN3O4. The maximum Gasteiger partial charge on any atom is 0.308 e. The predicted molar refractivity (Wildman–Crippen MR) is 102 cm³/mol. The lowest BCUT2D eigenvalue weighted by molar-refractivity contribution is -0.142. The van der Waals surface area contributed by atoms with Crippen LogP contribution in [0.3, 0.4) is 0 Å². The van der Waals surface area contributed by atoms with Crippen molar-refractivity contribution in [1.82, 2.24) is 14.7 Å². The molecule has 3 heterocycles. The molecule has 1 aromatic carbocycles. The van der Waals surface area contributed by atoms with Crippen molar-refractivity contribution < 1.29 is 19.1 Å². The zero-order valence-electron chi connectivity index (χ0n) is 15.1. The van der Waals surface area contributed by atoms with Gasteiger partial charge in [0.1, 0.15) is 5.69 Å². The molecule has 0 saturated carbocycles. The Labute approximate surface area is 166 Å². The number of carboxylic acid groups (broad SMARTS) is 1. The van der Waals surface area contributed by atoms with E-state index in [0.717, 1.165) is 5.69 Å². The van der Waals surface area contributed by atoms with Gasteiger partial charge in [-0.15, -0.1) is 0 Å². The van der Waals surface area contributed by atoms with Gasteiger partial charge in [0.25, 0.3) is 5.91 Å². The molecule has 144 valence electrons. The summed E-state index contributed by atoms with van der Waals surface area (Å²) in [6, 6.07) is 12.3. The highest BCUT2D eigenvalue weighted by Crippen LogP contribution is 2.28. The van der Waals surface area contributed by atoms with Gasteiger partial charge >= 0.3 is 5.97 Å². The highest BCUT2D eigenvalue weighted by atomic mass is 35.5. The van der Waals surface area contributed by atoms with E-state index in [0.29, 0.717) is 23.0 Å². The summed E-state index contributed by atoms with van der Waals surface area (Å²) in [6.07, 6.45) is 1.55. The third-order valence-electron chi connectivity index (χ3n) is 4.99. The van der Waals surface area contributed by atoms with Crippen molar-refractivity contribution in [2.75, 3.05) is 13.1 Å². The summed E-state index contributed by atoms with van der Waals surface area (Å²) >= 11 is 5.98. The first kappa shape index (κ1) is 18.3. The number of hydrogen-bond acceptors (Lipinski definition) is 4. The van der Waals surface area contributed by atoms with Crippen LogP contribution in [0.25, 0.3) is 17.1 Å². The lowest BCUT2D eigenvalue weighted by Crippen LogP contribution is -2.30. The topological polar surface area (TPSA) is 88.6 Å². The number of amides is 1. The maximum atomic E-state index is 13.0. The van der Waals surface area contributed by atoms with Gasteiger partial charge in [-0.05, 0) is 42.3 Å². The van der Waals surface area contributed by atoms with E-state index < -0.39 is 11.9 Å². The second kappa shape index (κ2) is 7.16. The number of halogens is 1. The molecule has 8 heteroatoms. The minimum atomic E-state index is -0.884. The van der Waals surface area contributed by atoms with Crippen molar-refractivity contribution in [3.63, 3.8) is 0 Å². The van der Waals surface area contributed by atoms with E-state index in [-0.39, 0.29) is 24.1 Å². The Morgan fingerprint density at radius 2 is 1.96 bits per heavy atom. The Morgan fingerprint density at radius 1 is 1.21 bits per heavy atom. The summed E-state index contributed by atoms with van der Waals surface area (Å²) in [5, 5.41) is 14.4. The highest BCUT2D eigenvalue weighted by molar-refractivity contribution is 6.30. The first-order chi connectivity index (χ1) is 13.4. The molecule has 0 aliphatic carbocycles. The van der Waals surface area contributed by atoms with Crippen molar-refractivity contribution >= 4 is 23.5 Å². The van der Waals surface area contributed by atoms with Gasteiger partial charge < -0.3 is 14.4 Å². The normalized spacial score (nSPS) is 19.1. The summed E-state index contributed by atoms with van der Waals surface area (Å²) in [4.78, 5) is 25.9. The molecule has 4 rings (SSSR count). The van der Waals surface area contributed by atoms with E-state index in [1.165, 1.54) is 0 Å². The quantitative estimate of drug-likeness (QED) is 0.724. The third-order valence-corrected chi connectivity index (χ3v) is 5.24. The lowest BCUT2D eigenvalue weighted by atomic mass is 9.99. The average molecular weight is 400 g/mol. The molecule has 1 amide bonds. The van der Waals surface area contributed by atoms with Crippen LogP contribution in [0.2, 0.25) is 5.02 Å². The van der Waals surface area contributed by atoms with Crippen molar-refractivity contribution in [3.8, 4) is 17.1 Å². The third kappa shape index (κ3) is 3.29. The second-order valence-corrected chi connectivity index (χ2v) is 7.35. The fraction of sp³-hybridized carbons (Fsp3) is 0.250. The minimum absolute atomic E-state index is 0.107. The molecule has 1 N–H and O–H groups in total. The second-order valence-electron chi connectivity index (χ2n) is 6.91. The van der Waals surface area contributed by atoms with Gasteiger partial charge in [0, 0.05) is 24.2 Å². The number of benzene rings is 1. The first-order valence-electron chi connectivity index (χ1n) is 8.86. The summed E-state index contributed by atoms with van der Waals surface area (Å²) in [5.41, 5.74) is 1.59. The number of likely N-dealkylation sites (tertiary alicyclic amines) is 1. The van der Waals surface area contributed by atoms with E-state index >= 15 is 0 Å². The summed E-state index contributed by atoms with van der Waals surface area (Å²) in [6.45, 7) is 2.41. The first-order valence-corrected chi connectivity index (χ1v) is 9.24. The number of aliphatic carboxylic acids is 1. The molecule has 1 saturated heterocycles. The van der Waals surface area contributed by atoms with Crippen LogP contribution < -0.4 is 0 Å². The Morgan fingerprint density at radius 3 is 2.57 bits per heavy atom. The number of carboxylic acids is 1. The average Bonchev–Trinajstić information content (AvgIpc) is 3.40. The molecule has 1 aliphatic heterocycles. The Hall–Kier alpha value is -3.06. The smallest absolute Gasteiger partial charge is 0.308 e. The fourth-order valence-corrected chi connectivity index (χ4v) is 3.61. The number of carbonyl (C=O) groups is 2. The number of aromatic nitrogens is 2. The van der Waals surface area contributed by atoms with E-state index in [2.05, 4.69) is 5.10 Å². The predicted octanol–water partition coefficient (Wildman–Crippen LogP) is 3.58. The van der Waals surface area contributed by atoms with Gasteiger partial charge in [-0.25, -0.2) is 4.68 Å². The number of hydrogen-bond donors (Lipinski definition) is 1. The van der Waals surface area contributed by atoms with Crippen LogP contribution in [0.1, 0.15) is 17.4 Å². The number of rotatable bonds is 4. The van der Waals surface area contributed by atoms with Crippen molar-refractivity contribution in [3.05, 3.63) is 59.4 Å². The van der Waals surface area contributed by atoms with Gasteiger partial charge in [0.2, 0.25) is 0 Å². The Balaban J connectivity index is 1.71. The van der Waals surface area contributed by atoms with Crippen LogP contribution in [0.5, 0.6) is 0 Å². The zero-order valence-corrected chi connectivity index (χ0v) is 15.8. The largest absolute Gasteiger partial charge is 0.481 e. The maximum absolute atomic E-state index is 13.0.